The fourth-order valence-corrected chi connectivity index (χ4v) is 5.41. The van der Waals surface area contributed by atoms with Crippen molar-refractivity contribution in [3.8, 4) is 0 Å². The Labute approximate surface area is 198 Å². The van der Waals surface area contributed by atoms with Crippen molar-refractivity contribution in [3.63, 3.8) is 0 Å². The molecule has 0 atom stereocenters. The number of sulfonamides is 1. The van der Waals surface area contributed by atoms with E-state index in [1.165, 1.54) is 4.68 Å². The lowest BCUT2D eigenvalue weighted by atomic mass is 10.2. The van der Waals surface area contributed by atoms with Gasteiger partial charge in [-0.05, 0) is 74.6 Å². The van der Waals surface area contributed by atoms with Crippen molar-refractivity contribution in [3.05, 3.63) is 75.5 Å². The minimum atomic E-state index is -3.73. The summed E-state index contributed by atoms with van der Waals surface area (Å²) in [6.45, 7) is 5.15. The van der Waals surface area contributed by atoms with Gasteiger partial charge in [0.2, 0.25) is 0 Å². The minimum absolute atomic E-state index is 0.0834. The first-order chi connectivity index (χ1) is 16.2. The molecule has 10 heteroatoms. The number of anilines is 1. The Kier molecular flexibility index (Phi) is 6.87. The van der Waals surface area contributed by atoms with Gasteiger partial charge < -0.3 is 5.32 Å². The first-order valence-electron chi connectivity index (χ1n) is 11.4. The summed E-state index contributed by atoms with van der Waals surface area (Å²) < 4.78 is 31.3. The van der Waals surface area contributed by atoms with Crippen LogP contribution in [-0.4, -0.2) is 35.2 Å². The number of hydrogen-bond donors (Lipinski definition) is 2. The van der Waals surface area contributed by atoms with E-state index in [0.717, 1.165) is 37.2 Å². The number of nitrogens with one attached hydrogen (secondary N) is 2. The van der Waals surface area contributed by atoms with Crippen LogP contribution >= 0.6 is 0 Å². The van der Waals surface area contributed by atoms with Crippen LogP contribution < -0.4 is 15.7 Å². The predicted octanol–water partition coefficient (Wildman–Crippen LogP) is 2.62. The predicted molar refractivity (Wildman–Crippen MR) is 130 cm³/mol. The van der Waals surface area contributed by atoms with E-state index < -0.39 is 10.0 Å². The van der Waals surface area contributed by atoms with Crippen LogP contribution in [0.4, 0.5) is 5.69 Å². The molecule has 0 spiro atoms. The molecule has 2 heterocycles. The van der Waals surface area contributed by atoms with Gasteiger partial charge in [-0.2, -0.15) is 5.10 Å². The Balaban J connectivity index is 1.30. The van der Waals surface area contributed by atoms with Crippen LogP contribution in [0.1, 0.15) is 46.6 Å². The molecule has 0 unspecified atom stereocenters. The largest absolute Gasteiger partial charge is 0.352 e. The molecule has 9 nitrogen and oxygen atoms in total. The number of rotatable bonds is 8. The van der Waals surface area contributed by atoms with Crippen molar-refractivity contribution in [1.29, 1.82) is 0 Å². The fraction of sp³-hybridized carbons (Fsp3) is 0.375. The minimum Gasteiger partial charge on any atom is -0.352 e. The van der Waals surface area contributed by atoms with Crippen molar-refractivity contribution >= 4 is 21.6 Å². The summed E-state index contributed by atoms with van der Waals surface area (Å²) in [4.78, 5) is 25.0. The number of carbonyl (C=O) groups excluding carboxylic acids is 1. The first-order valence-corrected chi connectivity index (χ1v) is 12.9. The lowest BCUT2D eigenvalue weighted by molar-refractivity contribution is 0.0952. The second-order valence-corrected chi connectivity index (χ2v) is 10.2. The first kappa shape index (κ1) is 23.7. The van der Waals surface area contributed by atoms with Crippen molar-refractivity contribution in [1.82, 2.24) is 19.7 Å². The van der Waals surface area contributed by atoms with Crippen LogP contribution in [-0.2, 0) is 29.5 Å². The summed E-state index contributed by atoms with van der Waals surface area (Å²) >= 11 is 0. The van der Waals surface area contributed by atoms with Gasteiger partial charge in [-0.25, -0.2) is 17.9 Å². The quantitative estimate of drug-likeness (QED) is 0.478. The highest BCUT2D eigenvalue weighted by Crippen LogP contribution is 2.21. The highest BCUT2D eigenvalue weighted by molar-refractivity contribution is 7.92. The topological polar surface area (TPSA) is 115 Å². The van der Waals surface area contributed by atoms with Crippen LogP contribution in [0.5, 0.6) is 0 Å². The maximum atomic E-state index is 12.8. The van der Waals surface area contributed by atoms with Crippen LogP contribution in [0.25, 0.3) is 0 Å². The molecule has 4 rings (SSSR count). The van der Waals surface area contributed by atoms with Gasteiger partial charge in [0.1, 0.15) is 5.82 Å². The van der Waals surface area contributed by atoms with E-state index in [4.69, 9.17) is 0 Å². The van der Waals surface area contributed by atoms with Crippen molar-refractivity contribution in [2.75, 3.05) is 11.3 Å². The smallest absolute Gasteiger partial charge is 0.345 e. The average molecular weight is 484 g/mol. The van der Waals surface area contributed by atoms with Gasteiger partial charge in [-0.1, -0.05) is 12.1 Å². The van der Waals surface area contributed by atoms with E-state index >= 15 is 0 Å². The molecule has 0 fully saturated rings. The average Bonchev–Trinajstić information content (AvgIpc) is 3.14. The zero-order valence-electron chi connectivity index (χ0n) is 19.4. The number of aryl methyl sites for hydroxylation is 4. The number of amides is 1. The number of benzene rings is 2. The van der Waals surface area contributed by atoms with Crippen LogP contribution in [0.2, 0.25) is 0 Å². The van der Waals surface area contributed by atoms with Gasteiger partial charge in [0, 0.05) is 37.3 Å². The van der Waals surface area contributed by atoms with Crippen molar-refractivity contribution in [2.45, 2.75) is 57.5 Å². The Morgan fingerprint density at radius 2 is 1.85 bits per heavy atom. The second-order valence-electron chi connectivity index (χ2n) is 8.59. The van der Waals surface area contributed by atoms with Crippen molar-refractivity contribution < 1.29 is 13.2 Å². The van der Waals surface area contributed by atoms with Crippen LogP contribution in [0, 0.1) is 13.8 Å². The highest BCUT2D eigenvalue weighted by atomic mass is 32.2. The number of fused-ring (bicyclic) bond motifs is 1. The maximum absolute atomic E-state index is 12.8. The van der Waals surface area contributed by atoms with Gasteiger partial charge in [0.15, 0.2) is 0 Å². The Morgan fingerprint density at radius 3 is 2.59 bits per heavy atom. The molecule has 34 heavy (non-hydrogen) atoms. The van der Waals surface area contributed by atoms with E-state index in [1.807, 2.05) is 13.0 Å². The third-order valence-corrected chi connectivity index (χ3v) is 7.42. The van der Waals surface area contributed by atoms with Gasteiger partial charge in [-0.15, -0.1) is 0 Å². The summed E-state index contributed by atoms with van der Waals surface area (Å²) in [6.07, 6.45) is 3.46. The van der Waals surface area contributed by atoms with E-state index in [2.05, 4.69) is 15.1 Å². The molecule has 0 radical (unpaired) electrons. The normalized spacial score (nSPS) is 13.4. The third-order valence-electron chi connectivity index (χ3n) is 5.90. The van der Waals surface area contributed by atoms with E-state index in [0.29, 0.717) is 36.3 Å². The molecule has 0 saturated heterocycles. The Bertz CT molecular complexity index is 1360. The summed E-state index contributed by atoms with van der Waals surface area (Å²) in [5, 5.41) is 7.22. The summed E-state index contributed by atoms with van der Waals surface area (Å²) in [7, 11) is -3.73. The van der Waals surface area contributed by atoms with Gasteiger partial charge in [0.05, 0.1) is 4.90 Å². The molecule has 0 bridgehead atoms. The molecule has 0 aliphatic carbocycles. The van der Waals surface area contributed by atoms with Crippen LogP contribution in [0.3, 0.4) is 0 Å². The number of hydrogen-bond acceptors (Lipinski definition) is 5. The molecule has 1 aliphatic rings. The zero-order chi connectivity index (χ0) is 24.3. The molecule has 1 aromatic heterocycles. The van der Waals surface area contributed by atoms with Crippen molar-refractivity contribution in [2.24, 2.45) is 0 Å². The fourth-order valence-electron chi connectivity index (χ4n) is 4.02. The van der Waals surface area contributed by atoms with Crippen LogP contribution in [0.15, 0.2) is 52.2 Å². The Hall–Kier alpha value is -3.40. The number of nitrogens with zero attached hydrogens (tertiary/aromatic N) is 3. The molecule has 3 aromatic rings. The highest BCUT2D eigenvalue weighted by Gasteiger charge is 2.18. The maximum Gasteiger partial charge on any atom is 0.345 e. The van der Waals surface area contributed by atoms with E-state index in [1.54, 1.807) is 47.9 Å². The zero-order valence-corrected chi connectivity index (χ0v) is 20.2. The molecule has 180 valence electrons. The molecule has 2 aromatic carbocycles. The molecular formula is C24H29N5O4S. The van der Waals surface area contributed by atoms with E-state index in [9.17, 15) is 18.0 Å². The monoisotopic (exact) mass is 483 g/mol. The number of aromatic nitrogens is 3. The van der Waals surface area contributed by atoms with E-state index in [-0.39, 0.29) is 16.5 Å². The van der Waals surface area contributed by atoms with Gasteiger partial charge in [-0.3, -0.25) is 14.1 Å². The standard InChI is InChI=1S/C24H29N5O4S/c1-17-7-8-18(2)21(16-17)34(32,33)27-20-11-9-19(10-12-20)23(30)25-13-5-15-29-24(31)28-14-4-3-6-22(28)26-29/h7-12,16,27H,3-6,13-15H2,1-2H3,(H,25,30). The lowest BCUT2D eigenvalue weighted by Crippen LogP contribution is -2.29. The summed E-state index contributed by atoms with van der Waals surface area (Å²) in [5.74, 6) is 0.578. The van der Waals surface area contributed by atoms with Gasteiger partial charge in [0.25, 0.3) is 15.9 Å². The molecular weight excluding hydrogens is 454 g/mol. The SMILES string of the molecule is Cc1ccc(C)c(S(=O)(=O)Nc2ccc(C(=O)NCCCn3nc4n(c3=O)CCCC4)cc2)c1. The summed E-state index contributed by atoms with van der Waals surface area (Å²) in [5.41, 5.74) is 2.23. The molecule has 0 saturated carbocycles. The molecule has 1 aliphatic heterocycles. The number of carbonyl (C=O) groups is 1. The Morgan fingerprint density at radius 1 is 1.09 bits per heavy atom. The summed E-state index contributed by atoms with van der Waals surface area (Å²) in [6, 6.07) is 11.5. The van der Waals surface area contributed by atoms with Gasteiger partial charge >= 0.3 is 5.69 Å². The second kappa shape index (κ2) is 9.84. The molecule has 1 amide bonds. The third kappa shape index (κ3) is 5.22. The molecule has 2 N–H and O–H groups in total. The lowest BCUT2D eigenvalue weighted by Gasteiger charge is -2.12.